The van der Waals surface area contributed by atoms with Crippen molar-refractivity contribution in [3.05, 3.63) is 0 Å². The number of likely N-dealkylation sites (tertiary alicyclic amines) is 1. The third-order valence-corrected chi connectivity index (χ3v) is 4.64. The van der Waals surface area contributed by atoms with Crippen molar-refractivity contribution in [2.75, 3.05) is 19.8 Å². The third-order valence-electron chi connectivity index (χ3n) is 4.64. The number of hydrogen-bond acceptors (Lipinski definition) is 4. The first-order chi connectivity index (χ1) is 9.94. The highest BCUT2D eigenvalue weighted by Crippen LogP contribution is 2.19. The topological polar surface area (TPSA) is 84.7 Å². The van der Waals surface area contributed by atoms with E-state index in [1.54, 1.807) is 6.92 Å². The molecule has 128 valence electrons. The smallest absolute Gasteiger partial charge is 0.245 e. The summed E-state index contributed by atoms with van der Waals surface area (Å²) in [5, 5.41) is 2.80. The monoisotopic (exact) mass is 333 g/mol. The van der Waals surface area contributed by atoms with E-state index in [-0.39, 0.29) is 30.3 Å². The number of piperidine rings is 1. The van der Waals surface area contributed by atoms with Gasteiger partial charge in [0.05, 0.1) is 5.54 Å². The van der Waals surface area contributed by atoms with Crippen LogP contribution < -0.4 is 11.1 Å². The molecule has 2 fully saturated rings. The molecule has 6 nitrogen and oxygen atoms in total. The Morgan fingerprint density at radius 3 is 2.55 bits per heavy atom. The molecule has 0 aliphatic carbocycles. The molecule has 0 saturated carbocycles. The lowest BCUT2D eigenvalue weighted by Crippen LogP contribution is -2.61. The fourth-order valence-corrected chi connectivity index (χ4v) is 3.04. The minimum atomic E-state index is -0.902. The molecule has 2 atom stereocenters. The van der Waals surface area contributed by atoms with Crippen LogP contribution in [-0.2, 0) is 14.3 Å². The lowest BCUT2D eigenvalue weighted by molar-refractivity contribution is -0.140. The van der Waals surface area contributed by atoms with E-state index in [4.69, 9.17) is 10.5 Å². The largest absolute Gasteiger partial charge is 0.381 e. The van der Waals surface area contributed by atoms with Crippen molar-refractivity contribution < 1.29 is 14.3 Å². The molecule has 2 saturated heterocycles. The van der Waals surface area contributed by atoms with Gasteiger partial charge in [0.2, 0.25) is 11.8 Å². The van der Waals surface area contributed by atoms with Crippen molar-refractivity contribution in [2.24, 2.45) is 5.73 Å². The summed E-state index contributed by atoms with van der Waals surface area (Å²) in [5.41, 5.74) is 5.24. The van der Waals surface area contributed by atoms with Crippen LogP contribution in [0.15, 0.2) is 0 Å². The zero-order chi connectivity index (χ0) is 15.5. The van der Waals surface area contributed by atoms with Gasteiger partial charge in [-0.1, -0.05) is 0 Å². The van der Waals surface area contributed by atoms with Gasteiger partial charge in [0.25, 0.3) is 0 Å². The molecule has 7 heteroatoms. The van der Waals surface area contributed by atoms with E-state index < -0.39 is 11.6 Å². The van der Waals surface area contributed by atoms with Gasteiger partial charge in [-0.25, -0.2) is 0 Å². The van der Waals surface area contributed by atoms with Crippen molar-refractivity contribution in [3.8, 4) is 0 Å². The number of nitrogens with one attached hydrogen (secondary N) is 1. The summed E-state index contributed by atoms with van der Waals surface area (Å²) in [4.78, 5) is 26.7. The molecule has 0 spiro atoms. The summed E-state index contributed by atoms with van der Waals surface area (Å²) in [7, 11) is 0. The molecule has 2 rings (SSSR count). The number of hydrogen-bond donors (Lipinski definition) is 2. The normalized spacial score (nSPS) is 25.8. The lowest BCUT2D eigenvalue weighted by Gasteiger charge is -2.37. The molecule has 0 radical (unpaired) electrons. The van der Waals surface area contributed by atoms with Crippen LogP contribution in [0.25, 0.3) is 0 Å². The van der Waals surface area contributed by atoms with Gasteiger partial charge in [-0.2, -0.15) is 0 Å². The van der Waals surface area contributed by atoms with E-state index in [1.807, 2.05) is 4.90 Å². The van der Waals surface area contributed by atoms with Gasteiger partial charge in [0, 0.05) is 25.8 Å². The second kappa shape index (κ2) is 8.13. The summed E-state index contributed by atoms with van der Waals surface area (Å²) < 4.78 is 5.24. The van der Waals surface area contributed by atoms with Gasteiger partial charge < -0.3 is 20.7 Å². The fraction of sp³-hybridized carbons (Fsp3) is 0.867. The standard InChI is InChI=1S/C15H27N3O3.ClH/c1-11-5-3-4-8-18(11)13(19)12(2)17-14(20)15(16)6-9-21-10-7-15;/h11-12H,3-10,16H2,1-2H3,(H,17,20);1H. The average molecular weight is 334 g/mol. The molecular weight excluding hydrogens is 306 g/mol. The average Bonchev–Trinajstić information content (AvgIpc) is 2.47. The molecule has 0 bridgehead atoms. The van der Waals surface area contributed by atoms with Gasteiger partial charge in [0.15, 0.2) is 0 Å². The predicted octanol–water partition coefficient (Wildman–Crippen LogP) is 0.822. The van der Waals surface area contributed by atoms with E-state index in [2.05, 4.69) is 12.2 Å². The van der Waals surface area contributed by atoms with E-state index >= 15 is 0 Å². The summed E-state index contributed by atoms with van der Waals surface area (Å²) in [6, 6.07) is -0.276. The Kier molecular flexibility index (Phi) is 7.09. The zero-order valence-electron chi connectivity index (χ0n) is 13.5. The molecule has 0 aromatic rings. The molecule has 3 N–H and O–H groups in total. The Morgan fingerprint density at radius 2 is 1.95 bits per heavy atom. The number of halogens is 1. The molecule has 2 aliphatic rings. The van der Waals surface area contributed by atoms with Gasteiger partial charge >= 0.3 is 0 Å². The minimum Gasteiger partial charge on any atom is -0.381 e. The van der Waals surface area contributed by atoms with Crippen molar-refractivity contribution in [1.29, 1.82) is 0 Å². The second-order valence-electron chi connectivity index (χ2n) is 6.34. The first kappa shape index (κ1) is 19.2. The molecule has 0 aromatic carbocycles. The summed E-state index contributed by atoms with van der Waals surface area (Å²) in [6.45, 7) is 5.57. The molecule has 0 aromatic heterocycles. The van der Waals surface area contributed by atoms with E-state index in [0.717, 1.165) is 25.8 Å². The highest BCUT2D eigenvalue weighted by molar-refractivity contribution is 5.92. The fourth-order valence-electron chi connectivity index (χ4n) is 3.04. The van der Waals surface area contributed by atoms with Crippen LogP contribution in [0.3, 0.4) is 0 Å². The van der Waals surface area contributed by atoms with Crippen LogP contribution >= 0.6 is 12.4 Å². The van der Waals surface area contributed by atoms with Crippen LogP contribution in [0.2, 0.25) is 0 Å². The maximum atomic E-state index is 12.5. The van der Waals surface area contributed by atoms with Gasteiger partial charge in [-0.15, -0.1) is 12.4 Å². The Labute approximate surface area is 138 Å². The highest BCUT2D eigenvalue weighted by Gasteiger charge is 2.38. The van der Waals surface area contributed by atoms with Crippen molar-refractivity contribution in [2.45, 2.75) is 63.6 Å². The Bertz CT molecular complexity index is 399. The van der Waals surface area contributed by atoms with Crippen LogP contribution in [-0.4, -0.2) is 54.1 Å². The van der Waals surface area contributed by atoms with E-state index in [9.17, 15) is 9.59 Å². The number of carbonyl (C=O) groups excluding carboxylic acids is 2. The molecule has 2 unspecified atom stereocenters. The SMILES string of the molecule is CC(NC(=O)C1(N)CCOCC1)C(=O)N1CCCCC1C.Cl. The summed E-state index contributed by atoms with van der Waals surface area (Å²) >= 11 is 0. The predicted molar refractivity (Wildman–Crippen MR) is 86.9 cm³/mol. The third kappa shape index (κ3) is 4.33. The van der Waals surface area contributed by atoms with Crippen LogP contribution in [0, 0.1) is 0 Å². The zero-order valence-corrected chi connectivity index (χ0v) is 14.3. The summed E-state index contributed by atoms with van der Waals surface area (Å²) in [5.74, 6) is -0.248. The number of rotatable bonds is 3. The molecule has 22 heavy (non-hydrogen) atoms. The van der Waals surface area contributed by atoms with E-state index in [1.165, 1.54) is 0 Å². The summed E-state index contributed by atoms with van der Waals surface area (Å²) in [6.07, 6.45) is 4.23. The maximum Gasteiger partial charge on any atom is 0.245 e. The first-order valence-electron chi connectivity index (χ1n) is 7.92. The number of amides is 2. The number of carbonyl (C=O) groups is 2. The molecular formula is C15H28ClN3O3. The lowest BCUT2D eigenvalue weighted by atomic mass is 9.90. The maximum absolute atomic E-state index is 12.5. The van der Waals surface area contributed by atoms with Gasteiger partial charge in [0.1, 0.15) is 6.04 Å². The van der Waals surface area contributed by atoms with Crippen molar-refractivity contribution in [1.82, 2.24) is 10.2 Å². The number of nitrogens with two attached hydrogens (primary N) is 1. The molecule has 2 heterocycles. The van der Waals surface area contributed by atoms with Crippen molar-refractivity contribution in [3.63, 3.8) is 0 Å². The van der Waals surface area contributed by atoms with Crippen LogP contribution in [0.1, 0.15) is 46.0 Å². The van der Waals surface area contributed by atoms with Gasteiger partial charge in [-0.3, -0.25) is 9.59 Å². The van der Waals surface area contributed by atoms with E-state index in [0.29, 0.717) is 26.1 Å². The quantitative estimate of drug-likeness (QED) is 0.801. The van der Waals surface area contributed by atoms with Crippen molar-refractivity contribution >= 4 is 24.2 Å². The second-order valence-corrected chi connectivity index (χ2v) is 6.34. The molecule has 2 aliphatic heterocycles. The first-order valence-corrected chi connectivity index (χ1v) is 7.92. The van der Waals surface area contributed by atoms with Crippen LogP contribution in [0.4, 0.5) is 0 Å². The Balaban J connectivity index is 0.00000242. The molecule has 2 amide bonds. The van der Waals surface area contributed by atoms with Gasteiger partial charge in [-0.05, 0) is 46.0 Å². The Hall–Kier alpha value is -0.850. The Morgan fingerprint density at radius 1 is 1.32 bits per heavy atom. The minimum absolute atomic E-state index is 0. The number of ether oxygens (including phenoxy) is 1. The highest BCUT2D eigenvalue weighted by atomic mass is 35.5. The number of nitrogens with zero attached hydrogens (tertiary/aromatic N) is 1. The van der Waals surface area contributed by atoms with Crippen LogP contribution in [0.5, 0.6) is 0 Å².